The molecule has 0 spiro atoms. The molecular weight excluding hydrogens is 249 g/mol. The molecule has 4 nitrogen and oxygen atoms in total. The largest absolute Gasteiger partial charge is 0.391 e. The monoisotopic (exact) mass is 268 g/mol. The van der Waals surface area contributed by atoms with Gasteiger partial charge in [0.1, 0.15) is 6.04 Å². The molecule has 1 fully saturated rings. The van der Waals surface area contributed by atoms with Crippen LogP contribution in [0, 0.1) is 5.92 Å². The Bertz CT molecular complexity index is 276. The van der Waals surface area contributed by atoms with E-state index in [9.17, 15) is 18.0 Å². The van der Waals surface area contributed by atoms with Crippen molar-refractivity contribution in [2.45, 2.75) is 43.9 Å². The Morgan fingerprint density at radius 3 is 2.39 bits per heavy atom. The van der Waals surface area contributed by atoms with Gasteiger partial charge in [0.05, 0.1) is 12.5 Å². The van der Waals surface area contributed by atoms with Crippen LogP contribution >= 0.6 is 0 Å². The first-order chi connectivity index (χ1) is 8.34. The average Bonchev–Trinajstić information content (AvgIpc) is 2.28. The summed E-state index contributed by atoms with van der Waals surface area (Å²) in [6.45, 7) is 0.101. The minimum Gasteiger partial charge on any atom is -0.383 e. The first-order valence-electron chi connectivity index (χ1n) is 5.96. The normalized spacial score (nSPS) is 26.7. The molecule has 1 atom stereocenters. The number of ether oxygens (including phenoxy) is 1. The molecule has 7 heteroatoms. The lowest BCUT2D eigenvalue weighted by Crippen LogP contribution is -2.48. The topological polar surface area (TPSA) is 64.3 Å². The van der Waals surface area contributed by atoms with Gasteiger partial charge in [-0.2, -0.15) is 13.2 Å². The number of nitrogens with two attached hydrogens (primary N) is 1. The fraction of sp³-hybridized carbons (Fsp3) is 0.909. The third kappa shape index (κ3) is 4.45. The second-order valence-electron chi connectivity index (χ2n) is 4.66. The number of hydrogen-bond acceptors (Lipinski definition) is 3. The summed E-state index contributed by atoms with van der Waals surface area (Å²) in [6, 6.07) is -0.977. The zero-order valence-corrected chi connectivity index (χ0v) is 10.3. The van der Waals surface area contributed by atoms with Gasteiger partial charge in [-0.15, -0.1) is 0 Å². The number of carbonyl (C=O) groups is 1. The van der Waals surface area contributed by atoms with Crippen molar-refractivity contribution in [2.75, 3.05) is 13.7 Å². The summed E-state index contributed by atoms with van der Waals surface area (Å²) in [6.07, 6.45) is -3.31. The van der Waals surface area contributed by atoms with E-state index in [0.29, 0.717) is 12.8 Å². The van der Waals surface area contributed by atoms with Crippen molar-refractivity contribution in [2.24, 2.45) is 11.7 Å². The zero-order chi connectivity index (χ0) is 13.8. The standard InChI is InChI=1S/C11H19F3N2O2/c1-18-6-9(15)10(17)16-8-4-2-7(3-5-8)11(12,13)14/h7-9H,2-6,15H2,1H3,(H,16,17). The molecule has 1 rings (SSSR count). The Morgan fingerprint density at radius 2 is 1.94 bits per heavy atom. The van der Waals surface area contributed by atoms with Gasteiger partial charge in [-0.05, 0) is 25.7 Å². The summed E-state index contributed by atoms with van der Waals surface area (Å²) >= 11 is 0. The van der Waals surface area contributed by atoms with Gasteiger partial charge in [0.15, 0.2) is 0 Å². The third-order valence-electron chi connectivity index (χ3n) is 3.22. The van der Waals surface area contributed by atoms with Crippen LogP contribution in [0.1, 0.15) is 25.7 Å². The molecule has 0 heterocycles. The van der Waals surface area contributed by atoms with E-state index in [1.165, 1.54) is 7.11 Å². The second kappa shape index (κ2) is 6.38. The van der Waals surface area contributed by atoms with E-state index in [4.69, 9.17) is 10.5 Å². The van der Waals surface area contributed by atoms with Gasteiger partial charge in [-0.3, -0.25) is 4.79 Å². The highest BCUT2D eigenvalue weighted by atomic mass is 19.4. The highest BCUT2D eigenvalue weighted by molar-refractivity contribution is 5.81. The van der Waals surface area contributed by atoms with Crippen molar-refractivity contribution in [1.29, 1.82) is 0 Å². The van der Waals surface area contributed by atoms with Gasteiger partial charge in [-0.25, -0.2) is 0 Å². The van der Waals surface area contributed by atoms with Crippen molar-refractivity contribution in [1.82, 2.24) is 5.32 Å². The molecule has 18 heavy (non-hydrogen) atoms. The molecule has 0 aromatic rings. The van der Waals surface area contributed by atoms with Crippen molar-refractivity contribution in [3.05, 3.63) is 0 Å². The summed E-state index contributed by atoms with van der Waals surface area (Å²) in [5.74, 6) is -1.61. The smallest absolute Gasteiger partial charge is 0.383 e. The van der Waals surface area contributed by atoms with Gasteiger partial charge in [-0.1, -0.05) is 0 Å². The van der Waals surface area contributed by atoms with Gasteiger partial charge in [0, 0.05) is 13.2 Å². The van der Waals surface area contributed by atoms with Crippen molar-refractivity contribution in [3.8, 4) is 0 Å². The Hall–Kier alpha value is -0.820. The maximum atomic E-state index is 12.4. The number of nitrogens with one attached hydrogen (secondary N) is 1. The molecule has 0 aliphatic heterocycles. The molecule has 1 amide bonds. The molecule has 3 N–H and O–H groups in total. The highest BCUT2D eigenvalue weighted by Gasteiger charge is 2.41. The number of carbonyl (C=O) groups excluding carboxylic acids is 1. The lowest BCUT2D eigenvalue weighted by atomic mass is 9.85. The van der Waals surface area contributed by atoms with Crippen LogP contribution in [0.5, 0.6) is 0 Å². The number of halogens is 3. The Morgan fingerprint density at radius 1 is 1.39 bits per heavy atom. The number of alkyl halides is 3. The van der Waals surface area contributed by atoms with E-state index in [0.717, 1.165) is 0 Å². The van der Waals surface area contributed by atoms with Crippen molar-refractivity contribution < 1.29 is 22.7 Å². The van der Waals surface area contributed by atoms with Crippen LogP contribution in [0.2, 0.25) is 0 Å². The highest BCUT2D eigenvalue weighted by Crippen LogP contribution is 2.37. The average molecular weight is 268 g/mol. The summed E-state index contributed by atoms with van der Waals surface area (Å²) in [4.78, 5) is 11.5. The second-order valence-corrected chi connectivity index (χ2v) is 4.66. The molecule has 1 aliphatic rings. The van der Waals surface area contributed by atoms with E-state index < -0.39 is 18.1 Å². The number of methoxy groups -OCH3 is 1. The molecular formula is C11H19F3N2O2. The predicted octanol–water partition coefficient (Wildman–Crippen LogP) is 1.20. The zero-order valence-electron chi connectivity index (χ0n) is 10.3. The van der Waals surface area contributed by atoms with Crippen LogP contribution in [-0.4, -0.2) is 37.9 Å². The molecule has 1 aliphatic carbocycles. The Labute approximate surface area is 104 Å². The number of rotatable bonds is 4. The van der Waals surface area contributed by atoms with E-state index in [1.807, 2.05) is 0 Å². The minimum absolute atomic E-state index is 0.0635. The first kappa shape index (κ1) is 15.2. The molecule has 0 radical (unpaired) electrons. The Balaban J connectivity index is 2.33. The lowest BCUT2D eigenvalue weighted by Gasteiger charge is -2.30. The summed E-state index contributed by atoms with van der Waals surface area (Å²) in [5.41, 5.74) is 5.52. The van der Waals surface area contributed by atoms with Gasteiger partial charge in [0.25, 0.3) is 0 Å². The molecule has 0 bridgehead atoms. The van der Waals surface area contributed by atoms with Crippen LogP contribution in [0.15, 0.2) is 0 Å². The van der Waals surface area contributed by atoms with Gasteiger partial charge < -0.3 is 15.8 Å². The van der Waals surface area contributed by atoms with Crippen LogP contribution in [0.25, 0.3) is 0 Å². The fourth-order valence-electron chi connectivity index (χ4n) is 2.13. The van der Waals surface area contributed by atoms with Gasteiger partial charge >= 0.3 is 6.18 Å². The predicted molar refractivity (Wildman–Crippen MR) is 59.8 cm³/mol. The summed E-state index contributed by atoms with van der Waals surface area (Å²) in [5, 5.41) is 2.66. The van der Waals surface area contributed by atoms with Crippen LogP contribution in [-0.2, 0) is 9.53 Å². The minimum atomic E-state index is -4.12. The molecule has 1 saturated carbocycles. The number of hydrogen-bond donors (Lipinski definition) is 2. The molecule has 0 aromatic heterocycles. The fourth-order valence-corrected chi connectivity index (χ4v) is 2.13. The van der Waals surface area contributed by atoms with E-state index in [2.05, 4.69) is 5.32 Å². The van der Waals surface area contributed by atoms with Crippen LogP contribution in [0.3, 0.4) is 0 Å². The number of amides is 1. The molecule has 106 valence electrons. The summed E-state index contributed by atoms with van der Waals surface area (Å²) in [7, 11) is 1.43. The SMILES string of the molecule is COCC(N)C(=O)NC1CCC(C(F)(F)F)CC1. The van der Waals surface area contributed by atoms with E-state index in [1.54, 1.807) is 0 Å². The quantitative estimate of drug-likeness (QED) is 0.805. The van der Waals surface area contributed by atoms with Gasteiger partial charge in [0.2, 0.25) is 5.91 Å². The third-order valence-corrected chi connectivity index (χ3v) is 3.22. The Kier molecular flexibility index (Phi) is 5.40. The summed E-state index contributed by atoms with van der Waals surface area (Å²) < 4.78 is 42.0. The maximum absolute atomic E-state index is 12.4. The van der Waals surface area contributed by atoms with Crippen LogP contribution < -0.4 is 11.1 Å². The van der Waals surface area contributed by atoms with Crippen molar-refractivity contribution in [3.63, 3.8) is 0 Å². The lowest BCUT2D eigenvalue weighted by molar-refractivity contribution is -0.182. The maximum Gasteiger partial charge on any atom is 0.391 e. The molecule has 0 aromatic carbocycles. The molecule has 1 unspecified atom stereocenters. The van der Waals surface area contributed by atoms with E-state index >= 15 is 0 Å². The van der Waals surface area contributed by atoms with E-state index in [-0.39, 0.29) is 31.4 Å². The first-order valence-corrected chi connectivity index (χ1v) is 5.96. The van der Waals surface area contributed by atoms with Crippen molar-refractivity contribution >= 4 is 5.91 Å². The van der Waals surface area contributed by atoms with Crippen LogP contribution in [0.4, 0.5) is 13.2 Å². The molecule has 0 saturated heterocycles.